The van der Waals surface area contributed by atoms with E-state index in [4.69, 9.17) is 9.47 Å². The maximum Gasteiger partial charge on any atom is 0.225 e. The highest BCUT2D eigenvalue weighted by Crippen LogP contribution is 2.34. The average Bonchev–Trinajstić information content (AvgIpc) is 2.56. The molecule has 2 heterocycles. The summed E-state index contributed by atoms with van der Waals surface area (Å²) in [6.07, 6.45) is 4.50. The van der Waals surface area contributed by atoms with Crippen molar-refractivity contribution in [2.75, 3.05) is 31.7 Å². The molecule has 2 saturated heterocycles. The smallest absolute Gasteiger partial charge is 0.225 e. The van der Waals surface area contributed by atoms with Crippen LogP contribution in [0.15, 0.2) is 30.3 Å². The van der Waals surface area contributed by atoms with E-state index in [-0.39, 0.29) is 11.5 Å². The summed E-state index contributed by atoms with van der Waals surface area (Å²) in [4.78, 5) is 12.0. The van der Waals surface area contributed by atoms with E-state index in [1.807, 2.05) is 30.3 Å². The zero-order valence-corrected chi connectivity index (χ0v) is 13.6. The van der Waals surface area contributed by atoms with Gasteiger partial charge in [-0.1, -0.05) is 18.2 Å². The average molecular weight is 318 g/mol. The van der Waals surface area contributed by atoms with Gasteiger partial charge in [0.15, 0.2) is 0 Å². The Balaban J connectivity index is 1.39. The van der Waals surface area contributed by atoms with Crippen molar-refractivity contribution in [3.63, 3.8) is 0 Å². The van der Waals surface area contributed by atoms with Crippen molar-refractivity contribution in [2.45, 2.75) is 43.7 Å². The van der Waals surface area contributed by atoms with Crippen molar-refractivity contribution in [3.8, 4) is 0 Å². The van der Waals surface area contributed by atoms with Crippen molar-refractivity contribution in [2.24, 2.45) is 0 Å². The molecule has 0 bridgehead atoms. The molecule has 2 aliphatic heterocycles. The molecule has 5 nitrogen and oxygen atoms in total. The van der Waals surface area contributed by atoms with Crippen LogP contribution in [-0.2, 0) is 14.3 Å². The van der Waals surface area contributed by atoms with Gasteiger partial charge >= 0.3 is 0 Å². The third-order valence-electron chi connectivity index (χ3n) is 4.74. The first-order chi connectivity index (χ1) is 11.3. The van der Waals surface area contributed by atoms with Crippen molar-refractivity contribution in [3.05, 3.63) is 30.3 Å². The molecule has 1 aromatic carbocycles. The largest absolute Gasteiger partial charge is 0.381 e. The molecular formula is C18H26N2O3. The lowest BCUT2D eigenvalue weighted by Gasteiger charge is -2.43. The van der Waals surface area contributed by atoms with Gasteiger partial charge in [-0.05, 0) is 37.8 Å². The van der Waals surface area contributed by atoms with E-state index in [0.29, 0.717) is 19.0 Å². The number of amides is 1. The molecule has 0 unspecified atom stereocenters. The number of hydrogen-bond acceptors (Lipinski definition) is 4. The minimum atomic E-state index is 0.000461. The Morgan fingerprint density at radius 1 is 1.17 bits per heavy atom. The van der Waals surface area contributed by atoms with Crippen LogP contribution < -0.4 is 10.6 Å². The highest BCUT2D eigenvalue weighted by atomic mass is 16.5. The van der Waals surface area contributed by atoms with Crippen LogP contribution in [0.2, 0.25) is 0 Å². The molecule has 2 aliphatic rings. The molecule has 3 rings (SSSR count). The van der Waals surface area contributed by atoms with Gasteiger partial charge in [0.05, 0.1) is 5.60 Å². The Labute approximate surface area is 137 Å². The van der Waals surface area contributed by atoms with Crippen LogP contribution in [0.4, 0.5) is 5.69 Å². The van der Waals surface area contributed by atoms with E-state index < -0.39 is 0 Å². The van der Waals surface area contributed by atoms with Gasteiger partial charge < -0.3 is 20.1 Å². The summed E-state index contributed by atoms with van der Waals surface area (Å²) < 4.78 is 11.5. The lowest BCUT2D eigenvalue weighted by atomic mass is 9.84. The first-order valence-electron chi connectivity index (χ1n) is 8.56. The normalized spacial score (nSPS) is 23.6. The lowest BCUT2D eigenvalue weighted by molar-refractivity contribution is -0.140. The highest BCUT2D eigenvalue weighted by Gasteiger charge is 2.38. The molecule has 5 heteroatoms. The van der Waals surface area contributed by atoms with Gasteiger partial charge in [0.2, 0.25) is 5.91 Å². The second-order valence-corrected chi connectivity index (χ2v) is 6.45. The number of benzene rings is 1. The van der Waals surface area contributed by atoms with Crippen molar-refractivity contribution in [1.29, 1.82) is 0 Å². The third-order valence-corrected chi connectivity index (χ3v) is 4.74. The molecule has 0 radical (unpaired) electrons. The molecular weight excluding hydrogens is 292 g/mol. The standard InChI is InChI=1S/C18H26N2O3/c21-17(20-15-4-2-1-3-5-15)6-10-19-16-7-11-23-18(14-16)8-12-22-13-9-18/h1-5,16,19H,6-14H2,(H,20,21)/t16-/m0/s1. The van der Waals surface area contributed by atoms with Crippen molar-refractivity contribution >= 4 is 11.6 Å². The topological polar surface area (TPSA) is 59.6 Å². The van der Waals surface area contributed by atoms with E-state index in [1.165, 1.54) is 0 Å². The van der Waals surface area contributed by atoms with Gasteiger partial charge in [-0.3, -0.25) is 4.79 Å². The van der Waals surface area contributed by atoms with Crippen LogP contribution in [-0.4, -0.2) is 43.9 Å². The maximum absolute atomic E-state index is 12.0. The number of rotatable bonds is 5. The molecule has 0 saturated carbocycles. The Morgan fingerprint density at radius 2 is 1.96 bits per heavy atom. The minimum absolute atomic E-state index is 0.000461. The van der Waals surface area contributed by atoms with Crippen molar-refractivity contribution in [1.82, 2.24) is 5.32 Å². The fraction of sp³-hybridized carbons (Fsp3) is 0.611. The van der Waals surface area contributed by atoms with Crippen LogP contribution in [0.1, 0.15) is 32.1 Å². The van der Waals surface area contributed by atoms with E-state index in [9.17, 15) is 4.79 Å². The lowest BCUT2D eigenvalue weighted by Crippen LogP contribution is -2.50. The predicted octanol–water partition coefficient (Wildman–Crippen LogP) is 2.33. The van der Waals surface area contributed by atoms with E-state index in [1.54, 1.807) is 0 Å². The summed E-state index contributed by atoms with van der Waals surface area (Å²) in [6, 6.07) is 10.0. The number of nitrogens with one attached hydrogen (secondary N) is 2. The SMILES string of the molecule is O=C(CCN[C@H]1CCOC2(CCOCC2)C1)Nc1ccccc1. The number of hydrogen-bond donors (Lipinski definition) is 2. The number of anilines is 1. The Morgan fingerprint density at radius 3 is 2.74 bits per heavy atom. The van der Waals surface area contributed by atoms with Gasteiger partial charge in [0, 0.05) is 44.5 Å². The van der Waals surface area contributed by atoms with Gasteiger partial charge in [-0.2, -0.15) is 0 Å². The molecule has 0 aromatic heterocycles. The molecule has 1 amide bonds. The zero-order valence-electron chi connectivity index (χ0n) is 13.6. The summed E-state index contributed by atoms with van der Waals surface area (Å²) in [6.45, 7) is 3.10. The second kappa shape index (κ2) is 7.90. The quantitative estimate of drug-likeness (QED) is 0.875. The molecule has 2 fully saturated rings. The van der Waals surface area contributed by atoms with Crippen LogP contribution in [0.5, 0.6) is 0 Å². The van der Waals surface area contributed by atoms with E-state index in [0.717, 1.165) is 51.2 Å². The molecule has 1 atom stereocenters. The van der Waals surface area contributed by atoms with Gasteiger partial charge in [0.25, 0.3) is 0 Å². The van der Waals surface area contributed by atoms with Crippen LogP contribution in [0.25, 0.3) is 0 Å². The number of carbonyl (C=O) groups is 1. The second-order valence-electron chi connectivity index (χ2n) is 6.45. The summed E-state index contributed by atoms with van der Waals surface area (Å²) >= 11 is 0. The molecule has 1 aromatic rings. The number of para-hydroxylation sites is 1. The highest BCUT2D eigenvalue weighted by molar-refractivity contribution is 5.90. The minimum Gasteiger partial charge on any atom is -0.381 e. The Bertz CT molecular complexity index is 495. The zero-order chi connectivity index (χ0) is 16.0. The summed E-state index contributed by atoms with van der Waals surface area (Å²) in [5.74, 6) is 0.0524. The summed E-state index contributed by atoms with van der Waals surface area (Å²) in [5, 5.41) is 6.44. The fourth-order valence-electron chi connectivity index (χ4n) is 3.43. The Hall–Kier alpha value is -1.43. The number of ether oxygens (including phenoxy) is 2. The van der Waals surface area contributed by atoms with Gasteiger partial charge in [-0.15, -0.1) is 0 Å². The molecule has 126 valence electrons. The van der Waals surface area contributed by atoms with Crippen LogP contribution >= 0.6 is 0 Å². The maximum atomic E-state index is 12.0. The van der Waals surface area contributed by atoms with Crippen LogP contribution in [0.3, 0.4) is 0 Å². The van der Waals surface area contributed by atoms with Crippen LogP contribution in [0, 0.1) is 0 Å². The fourth-order valence-corrected chi connectivity index (χ4v) is 3.43. The van der Waals surface area contributed by atoms with E-state index in [2.05, 4.69) is 10.6 Å². The number of carbonyl (C=O) groups excluding carboxylic acids is 1. The molecule has 2 N–H and O–H groups in total. The third kappa shape index (κ3) is 4.77. The monoisotopic (exact) mass is 318 g/mol. The van der Waals surface area contributed by atoms with Crippen molar-refractivity contribution < 1.29 is 14.3 Å². The van der Waals surface area contributed by atoms with Gasteiger partial charge in [-0.25, -0.2) is 0 Å². The Kier molecular flexibility index (Phi) is 5.65. The first-order valence-corrected chi connectivity index (χ1v) is 8.56. The van der Waals surface area contributed by atoms with Gasteiger partial charge in [0.1, 0.15) is 0 Å². The molecule has 1 spiro atoms. The summed E-state index contributed by atoms with van der Waals surface area (Å²) in [5.41, 5.74) is 0.852. The predicted molar refractivity (Wildman–Crippen MR) is 89.4 cm³/mol. The molecule has 0 aliphatic carbocycles. The molecule has 23 heavy (non-hydrogen) atoms. The van der Waals surface area contributed by atoms with E-state index >= 15 is 0 Å². The first kappa shape index (κ1) is 16.4. The summed E-state index contributed by atoms with van der Waals surface area (Å²) in [7, 11) is 0.